The number of urea groups is 2. The van der Waals surface area contributed by atoms with E-state index in [-0.39, 0.29) is 0 Å². The van der Waals surface area contributed by atoms with E-state index < -0.39 is 47.8 Å². The quantitative estimate of drug-likeness (QED) is 0.551. The number of amides is 8. The molecular weight excluding hydrogens is 310 g/mol. The highest BCUT2D eigenvalue weighted by Crippen LogP contribution is 2.23. The highest BCUT2D eigenvalue weighted by molar-refractivity contribution is 6.24. The maximum Gasteiger partial charge on any atom is 0.332 e. The largest absolute Gasteiger partial charge is 0.625 e. The van der Waals surface area contributed by atoms with E-state index in [0.717, 1.165) is 28.2 Å². The third-order valence-corrected chi connectivity index (χ3v) is 3.70. The van der Waals surface area contributed by atoms with Crippen LogP contribution in [0.5, 0.6) is 0 Å². The average molecular weight is 324 g/mol. The van der Waals surface area contributed by atoms with Gasteiger partial charge in [-0.3, -0.25) is 38.8 Å². The number of hydrogen-bond donors (Lipinski definition) is 0. The first-order valence-electron chi connectivity index (χ1n) is 6.47. The molecule has 0 spiro atoms. The minimum Gasteiger partial charge on any atom is -0.625 e. The number of barbiturate groups is 2. The summed E-state index contributed by atoms with van der Waals surface area (Å²) in [6.07, 6.45) is 0. The van der Waals surface area contributed by atoms with Crippen LogP contribution >= 0.6 is 0 Å². The zero-order chi connectivity index (χ0) is 17.6. The van der Waals surface area contributed by atoms with E-state index in [1.165, 1.54) is 0 Å². The van der Waals surface area contributed by atoms with Crippen molar-refractivity contribution in [3.05, 3.63) is 5.32 Å². The minimum atomic E-state index is -1.70. The van der Waals surface area contributed by atoms with E-state index in [2.05, 4.69) is 5.32 Å². The summed E-state index contributed by atoms with van der Waals surface area (Å²) in [5.41, 5.74) is 0. The molecule has 2 saturated heterocycles. The number of nitrogens with zero attached hydrogens (tertiary/aromatic N) is 5. The van der Waals surface area contributed by atoms with Gasteiger partial charge in [0, 0.05) is 40.3 Å². The van der Waals surface area contributed by atoms with Gasteiger partial charge in [0.05, 0.1) is 0 Å². The molecule has 2 aliphatic heterocycles. The molecule has 2 aliphatic rings. The fraction of sp³-hybridized carbons (Fsp3) is 0.500. The summed E-state index contributed by atoms with van der Waals surface area (Å²) < 4.78 is 0. The maximum atomic E-state index is 12.1. The van der Waals surface area contributed by atoms with Gasteiger partial charge in [-0.05, 0) is 0 Å². The molecule has 2 rings (SSSR count). The van der Waals surface area contributed by atoms with Crippen LogP contribution < -0.4 is 0 Å². The van der Waals surface area contributed by atoms with Crippen LogP contribution in [0.15, 0.2) is 0 Å². The Morgan fingerprint density at radius 3 is 1.00 bits per heavy atom. The normalized spacial score (nSPS) is 21.9. The van der Waals surface area contributed by atoms with Crippen LogP contribution in [0.1, 0.15) is 0 Å². The topological polar surface area (TPSA) is 129 Å². The van der Waals surface area contributed by atoms with E-state index in [0.29, 0.717) is 19.6 Å². The van der Waals surface area contributed by atoms with Gasteiger partial charge in [-0.15, -0.1) is 0 Å². The molecule has 0 radical (unpaired) electrons. The second kappa shape index (κ2) is 5.43. The summed E-state index contributed by atoms with van der Waals surface area (Å²) >= 11 is 0. The van der Waals surface area contributed by atoms with Crippen LogP contribution in [-0.2, 0) is 19.2 Å². The van der Waals surface area contributed by atoms with Crippen molar-refractivity contribution in [2.24, 2.45) is 0 Å². The van der Waals surface area contributed by atoms with Gasteiger partial charge in [0.25, 0.3) is 0 Å². The molecule has 124 valence electrons. The van der Waals surface area contributed by atoms with Gasteiger partial charge in [-0.1, -0.05) is 0 Å². The Bertz CT molecular complexity index is 544. The fourth-order valence-corrected chi connectivity index (χ4v) is 2.18. The first kappa shape index (κ1) is 16.5. The van der Waals surface area contributed by atoms with Crippen molar-refractivity contribution in [2.45, 2.75) is 12.1 Å². The molecule has 0 N–H and O–H groups in total. The molecule has 0 aromatic rings. The van der Waals surface area contributed by atoms with E-state index in [1.54, 1.807) is 0 Å². The van der Waals surface area contributed by atoms with Crippen molar-refractivity contribution in [1.29, 1.82) is 0 Å². The third kappa shape index (κ3) is 2.34. The van der Waals surface area contributed by atoms with Crippen LogP contribution in [0.3, 0.4) is 0 Å². The summed E-state index contributed by atoms with van der Waals surface area (Å²) in [6.45, 7) is 0. The van der Waals surface area contributed by atoms with Gasteiger partial charge in [0.1, 0.15) is 0 Å². The van der Waals surface area contributed by atoms with Crippen LogP contribution in [0, 0.1) is 0 Å². The number of imide groups is 4. The summed E-state index contributed by atoms with van der Waals surface area (Å²) in [6, 6.07) is -5.07. The number of likely N-dealkylation sites (N-methyl/N-ethyl adjacent to an activating group) is 4. The minimum absolute atomic E-state index is 0.673. The molecule has 11 nitrogen and oxygen atoms in total. The number of hydrogen-bond acceptors (Lipinski definition) is 6. The van der Waals surface area contributed by atoms with Crippen molar-refractivity contribution in [2.75, 3.05) is 28.2 Å². The van der Waals surface area contributed by atoms with E-state index >= 15 is 0 Å². The summed E-state index contributed by atoms with van der Waals surface area (Å²) in [4.78, 5) is 74.2. The molecule has 0 aliphatic carbocycles. The molecule has 11 heteroatoms. The van der Waals surface area contributed by atoms with Crippen LogP contribution in [-0.4, -0.2) is 95.6 Å². The van der Waals surface area contributed by atoms with E-state index in [4.69, 9.17) is 0 Å². The van der Waals surface area contributed by atoms with E-state index in [1.807, 2.05) is 0 Å². The van der Waals surface area contributed by atoms with Crippen molar-refractivity contribution >= 4 is 35.7 Å². The first-order chi connectivity index (χ1) is 10.6. The summed E-state index contributed by atoms with van der Waals surface area (Å²) in [5.74, 6) is -3.77. The number of rotatable bonds is 2. The zero-order valence-corrected chi connectivity index (χ0v) is 12.8. The van der Waals surface area contributed by atoms with Gasteiger partial charge in [-0.25, -0.2) is 9.59 Å². The molecule has 0 aromatic carbocycles. The highest BCUT2D eigenvalue weighted by atomic mass is 16.2. The van der Waals surface area contributed by atoms with Crippen LogP contribution in [0.4, 0.5) is 9.59 Å². The molecule has 0 atom stereocenters. The monoisotopic (exact) mass is 324 g/mol. The van der Waals surface area contributed by atoms with Crippen molar-refractivity contribution < 1.29 is 28.8 Å². The van der Waals surface area contributed by atoms with Gasteiger partial charge >= 0.3 is 12.1 Å². The van der Waals surface area contributed by atoms with Crippen LogP contribution in [0.25, 0.3) is 5.32 Å². The number of carbonyl (C=O) groups is 6. The van der Waals surface area contributed by atoms with Crippen molar-refractivity contribution in [1.82, 2.24) is 19.6 Å². The lowest BCUT2D eigenvalue weighted by molar-refractivity contribution is -0.143. The Morgan fingerprint density at radius 1 is 0.565 bits per heavy atom. The smallest absolute Gasteiger partial charge is 0.332 e. The Kier molecular flexibility index (Phi) is 3.90. The lowest BCUT2D eigenvalue weighted by Gasteiger charge is -2.45. The molecule has 23 heavy (non-hydrogen) atoms. The predicted octanol–water partition coefficient (Wildman–Crippen LogP) is -1.80. The Morgan fingerprint density at radius 2 is 0.783 bits per heavy atom. The molecule has 0 unspecified atom stereocenters. The van der Waals surface area contributed by atoms with Gasteiger partial charge < -0.3 is 5.32 Å². The standard InChI is InChI=1S/C12H14N5O6/c1-14-7(18)5(8(19)15(2)11(14)22)13-6-9(20)16(3)12(23)17(4)10(6)21/h5-6H,1-4H3/q-1. The van der Waals surface area contributed by atoms with Gasteiger partial charge in [-0.2, -0.15) is 0 Å². The Labute approximate surface area is 130 Å². The van der Waals surface area contributed by atoms with Gasteiger partial charge in [0.2, 0.25) is 23.6 Å². The SMILES string of the molecule is CN1C(=O)C([N-]C2C(=O)N(C)C(=O)N(C)C2=O)C(=O)N(C)C1=O. The predicted molar refractivity (Wildman–Crippen MR) is 72.8 cm³/mol. The lowest BCUT2D eigenvalue weighted by Crippen LogP contribution is -2.63. The fourth-order valence-electron chi connectivity index (χ4n) is 2.18. The van der Waals surface area contributed by atoms with Crippen LogP contribution in [0.2, 0.25) is 0 Å². The van der Waals surface area contributed by atoms with Crippen molar-refractivity contribution in [3.8, 4) is 0 Å². The summed E-state index contributed by atoms with van der Waals surface area (Å²) in [5, 5.41) is 3.72. The maximum absolute atomic E-state index is 12.1. The number of carbonyl (C=O) groups excluding carboxylic acids is 6. The molecule has 2 fully saturated rings. The Hall–Kier alpha value is -2.82. The van der Waals surface area contributed by atoms with E-state index in [9.17, 15) is 28.8 Å². The Balaban J connectivity index is 2.30. The van der Waals surface area contributed by atoms with Crippen molar-refractivity contribution in [3.63, 3.8) is 0 Å². The second-order valence-electron chi connectivity index (χ2n) is 5.11. The van der Waals surface area contributed by atoms with Gasteiger partial charge in [0.15, 0.2) is 0 Å². The average Bonchev–Trinajstić information content (AvgIpc) is 2.54. The molecule has 0 saturated carbocycles. The second-order valence-corrected chi connectivity index (χ2v) is 5.11. The molecule has 2 heterocycles. The first-order valence-corrected chi connectivity index (χ1v) is 6.47. The summed E-state index contributed by atoms with van der Waals surface area (Å²) in [7, 11) is 4.62. The molecular formula is C12H14N5O6-. The molecule has 0 aromatic heterocycles. The third-order valence-electron chi connectivity index (χ3n) is 3.70. The lowest BCUT2D eigenvalue weighted by atomic mass is 10.1. The molecule has 0 bridgehead atoms. The zero-order valence-electron chi connectivity index (χ0n) is 12.8. The highest BCUT2D eigenvalue weighted by Gasteiger charge is 2.42. The molecule has 8 amide bonds.